The van der Waals surface area contributed by atoms with Gasteiger partial charge >= 0.3 is 0 Å². The first-order chi connectivity index (χ1) is 9.32. The summed E-state index contributed by atoms with van der Waals surface area (Å²) < 4.78 is 11.5. The van der Waals surface area contributed by atoms with E-state index in [9.17, 15) is 0 Å². The van der Waals surface area contributed by atoms with Crippen LogP contribution in [-0.4, -0.2) is 26.4 Å². The minimum Gasteiger partial charge on any atom is -0.493 e. The molecule has 0 bridgehead atoms. The van der Waals surface area contributed by atoms with Gasteiger partial charge < -0.3 is 15.2 Å². The Bertz CT molecular complexity index is 394. The maximum atomic E-state index is 6.08. The van der Waals surface area contributed by atoms with Gasteiger partial charge in [-0.25, -0.2) is 0 Å². The summed E-state index contributed by atoms with van der Waals surface area (Å²) in [4.78, 5) is 0. The van der Waals surface area contributed by atoms with Crippen molar-refractivity contribution in [1.29, 1.82) is 0 Å². The van der Waals surface area contributed by atoms with Crippen LogP contribution in [0.1, 0.15) is 38.2 Å². The number of para-hydroxylation sites is 1. The molecule has 0 amide bonds. The fourth-order valence-corrected chi connectivity index (χ4v) is 2.71. The summed E-state index contributed by atoms with van der Waals surface area (Å²) in [6, 6.07) is 8.27. The molecule has 0 saturated carbocycles. The Kier molecular flexibility index (Phi) is 5.23. The summed E-state index contributed by atoms with van der Waals surface area (Å²) in [6.45, 7) is 5.23. The molecule has 0 aliphatic carbocycles. The van der Waals surface area contributed by atoms with Gasteiger partial charge in [-0.3, -0.25) is 0 Å². The average Bonchev–Trinajstić information content (AvgIpc) is 2.47. The first-order valence-corrected chi connectivity index (χ1v) is 7.32. The molecule has 3 heteroatoms. The lowest BCUT2D eigenvalue weighted by Gasteiger charge is -2.38. The van der Waals surface area contributed by atoms with Crippen molar-refractivity contribution in [2.24, 2.45) is 5.73 Å². The molecular weight excluding hydrogens is 238 g/mol. The number of unbranched alkanes of at least 4 members (excludes halogenated alkanes) is 1. The van der Waals surface area contributed by atoms with E-state index in [2.05, 4.69) is 19.1 Å². The molecule has 1 atom stereocenters. The van der Waals surface area contributed by atoms with Crippen LogP contribution in [0.2, 0.25) is 0 Å². The normalized spacial score (nSPS) is 21.8. The minimum atomic E-state index is 0.0288. The molecule has 0 fully saturated rings. The zero-order chi connectivity index (χ0) is 13.6. The van der Waals surface area contributed by atoms with Crippen molar-refractivity contribution in [2.75, 3.05) is 26.4 Å². The number of nitrogens with two attached hydrogens (primary N) is 1. The maximum absolute atomic E-state index is 6.08. The molecule has 0 aromatic heterocycles. The third-order valence-electron chi connectivity index (χ3n) is 4.05. The average molecular weight is 263 g/mol. The highest BCUT2D eigenvalue weighted by atomic mass is 16.5. The van der Waals surface area contributed by atoms with Gasteiger partial charge in [-0.1, -0.05) is 31.5 Å². The van der Waals surface area contributed by atoms with Gasteiger partial charge in [0.05, 0.1) is 6.61 Å². The highest BCUT2D eigenvalue weighted by Gasteiger charge is 2.36. The fourth-order valence-electron chi connectivity index (χ4n) is 2.71. The molecular formula is C16H25NO2. The molecule has 2 N–H and O–H groups in total. The van der Waals surface area contributed by atoms with Gasteiger partial charge in [0.2, 0.25) is 0 Å². The van der Waals surface area contributed by atoms with Crippen LogP contribution in [0.4, 0.5) is 0 Å². The number of fused-ring (bicyclic) bond motifs is 1. The second kappa shape index (κ2) is 6.92. The Morgan fingerprint density at radius 1 is 1.32 bits per heavy atom. The zero-order valence-electron chi connectivity index (χ0n) is 11.9. The van der Waals surface area contributed by atoms with Gasteiger partial charge in [-0.15, -0.1) is 0 Å². The SMILES string of the molecule is CCCCOCCC1(CN)CCOc2ccccc21. The standard InChI is InChI=1S/C16H25NO2/c1-2-3-10-18-11-8-16(13-17)9-12-19-15-7-5-4-6-14(15)16/h4-7H,2-3,8-13,17H2,1H3. The summed E-state index contributed by atoms with van der Waals surface area (Å²) in [5.74, 6) is 0.993. The third kappa shape index (κ3) is 3.28. The molecule has 0 radical (unpaired) electrons. The summed E-state index contributed by atoms with van der Waals surface area (Å²) in [5.41, 5.74) is 7.36. The molecule has 0 saturated heterocycles. The predicted octanol–water partition coefficient (Wildman–Crippen LogP) is 2.87. The molecule has 2 rings (SSSR count). The Balaban J connectivity index is 2.02. The molecule has 1 aromatic rings. The van der Waals surface area contributed by atoms with Gasteiger partial charge in [0.15, 0.2) is 0 Å². The lowest BCUT2D eigenvalue weighted by atomic mass is 9.73. The number of ether oxygens (including phenoxy) is 2. The maximum Gasteiger partial charge on any atom is 0.123 e. The third-order valence-corrected chi connectivity index (χ3v) is 4.05. The molecule has 106 valence electrons. The Morgan fingerprint density at radius 3 is 2.95 bits per heavy atom. The second-order valence-corrected chi connectivity index (χ2v) is 5.30. The lowest BCUT2D eigenvalue weighted by molar-refractivity contribution is 0.0996. The van der Waals surface area contributed by atoms with E-state index in [1.54, 1.807) is 0 Å². The van der Waals surface area contributed by atoms with E-state index < -0.39 is 0 Å². The topological polar surface area (TPSA) is 44.5 Å². The van der Waals surface area contributed by atoms with Crippen molar-refractivity contribution in [2.45, 2.75) is 38.0 Å². The van der Waals surface area contributed by atoms with Gasteiger partial charge in [0.25, 0.3) is 0 Å². The van der Waals surface area contributed by atoms with Gasteiger partial charge in [-0.2, -0.15) is 0 Å². The monoisotopic (exact) mass is 263 g/mol. The Hall–Kier alpha value is -1.06. The first-order valence-electron chi connectivity index (χ1n) is 7.32. The predicted molar refractivity (Wildman–Crippen MR) is 77.6 cm³/mol. The molecule has 1 aliphatic rings. The van der Waals surface area contributed by atoms with Crippen molar-refractivity contribution in [1.82, 2.24) is 0 Å². The van der Waals surface area contributed by atoms with Crippen LogP contribution in [0.5, 0.6) is 5.75 Å². The Labute approximate surface area is 116 Å². The molecule has 1 aromatic carbocycles. The number of benzene rings is 1. The van der Waals surface area contributed by atoms with E-state index in [0.717, 1.165) is 44.8 Å². The molecule has 0 spiro atoms. The smallest absolute Gasteiger partial charge is 0.123 e. The molecule has 1 heterocycles. The van der Waals surface area contributed by atoms with Crippen molar-refractivity contribution in [3.63, 3.8) is 0 Å². The summed E-state index contributed by atoms with van der Waals surface area (Å²) in [7, 11) is 0. The van der Waals surface area contributed by atoms with E-state index in [1.807, 2.05) is 12.1 Å². The largest absolute Gasteiger partial charge is 0.493 e. The van der Waals surface area contributed by atoms with Crippen LogP contribution >= 0.6 is 0 Å². The van der Waals surface area contributed by atoms with Crippen LogP contribution < -0.4 is 10.5 Å². The van der Waals surface area contributed by atoms with E-state index in [-0.39, 0.29) is 5.41 Å². The van der Waals surface area contributed by atoms with Gasteiger partial charge in [0, 0.05) is 30.7 Å². The molecule has 3 nitrogen and oxygen atoms in total. The fraction of sp³-hybridized carbons (Fsp3) is 0.625. The summed E-state index contributed by atoms with van der Waals surface area (Å²) >= 11 is 0. The van der Waals surface area contributed by atoms with E-state index in [1.165, 1.54) is 12.0 Å². The molecule has 1 unspecified atom stereocenters. The highest BCUT2D eigenvalue weighted by molar-refractivity contribution is 5.41. The number of hydrogen-bond donors (Lipinski definition) is 1. The molecule has 19 heavy (non-hydrogen) atoms. The van der Waals surface area contributed by atoms with Crippen LogP contribution in [0.15, 0.2) is 24.3 Å². The van der Waals surface area contributed by atoms with Crippen molar-refractivity contribution in [3.8, 4) is 5.75 Å². The lowest BCUT2D eigenvalue weighted by Crippen LogP contribution is -2.40. The van der Waals surface area contributed by atoms with E-state index in [0.29, 0.717) is 6.54 Å². The van der Waals surface area contributed by atoms with Crippen LogP contribution in [-0.2, 0) is 10.2 Å². The number of hydrogen-bond acceptors (Lipinski definition) is 3. The first kappa shape index (κ1) is 14.4. The van der Waals surface area contributed by atoms with Crippen molar-refractivity contribution in [3.05, 3.63) is 29.8 Å². The van der Waals surface area contributed by atoms with Crippen LogP contribution in [0.25, 0.3) is 0 Å². The van der Waals surface area contributed by atoms with Crippen molar-refractivity contribution < 1.29 is 9.47 Å². The van der Waals surface area contributed by atoms with Crippen LogP contribution in [0, 0.1) is 0 Å². The zero-order valence-corrected chi connectivity index (χ0v) is 11.9. The Morgan fingerprint density at radius 2 is 2.16 bits per heavy atom. The van der Waals surface area contributed by atoms with Gasteiger partial charge in [0.1, 0.15) is 5.75 Å². The second-order valence-electron chi connectivity index (χ2n) is 5.30. The van der Waals surface area contributed by atoms with Gasteiger partial charge in [-0.05, 0) is 25.3 Å². The van der Waals surface area contributed by atoms with E-state index >= 15 is 0 Å². The van der Waals surface area contributed by atoms with E-state index in [4.69, 9.17) is 15.2 Å². The highest BCUT2D eigenvalue weighted by Crippen LogP contribution is 2.40. The van der Waals surface area contributed by atoms with Crippen LogP contribution in [0.3, 0.4) is 0 Å². The summed E-state index contributed by atoms with van der Waals surface area (Å²) in [5, 5.41) is 0. The number of rotatable bonds is 7. The molecule has 1 aliphatic heterocycles. The van der Waals surface area contributed by atoms with Crippen molar-refractivity contribution >= 4 is 0 Å². The summed E-state index contributed by atoms with van der Waals surface area (Å²) in [6.07, 6.45) is 4.28. The quantitative estimate of drug-likeness (QED) is 0.769. The minimum absolute atomic E-state index is 0.0288.